The first-order valence-electron chi connectivity index (χ1n) is 8.05. The number of carbonyl (C=O) groups excluding carboxylic acids is 1. The maximum absolute atomic E-state index is 14.0. The van der Waals surface area contributed by atoms with Crippen molar-refractivity contribution in [1.82, 2.24) is 9.88 Å². The van der Waals surface area contributed by atoms with Gasteiger partial charge in [-0.3, -0.25) is 9.78 Å². The van der Waals surface area contributed by atoms with E-state index in [9.17, 15) is 9.18 Å². The van der Waals surface area contributed by atoms with Crippen LogP contribution in [0.4, 0.5) is 4.39 Å². The minimum atomic E-state index is -0.197. The van der Waals surface area contributed by atoms with E-state index in [1.165, 1.54) is 12.6 Å². The Labute approximate surface area is 123 Å². The molecule has 0 N–H and O–H groups in total. The Kier molecular flexibility index (Phi) is 2.11. The second-order valence-corrected chi connectivity index (χ2v) is 7.62. The molecule has 1 saturated heterocycles. The second kappa shape index (κ2) is 3.65. The van der Waals surface area contributed by atoms with Crippen LogP contribution in [0.15, 0.2) is 12.4 Å². The van der Waals surface area contributed by atoms with Crippen molar-refractivity contribution < 1.29 is 9.18 Å². The van der Waals surface area contributed by atoms with Crippen molar-refractivity contribution in [2.45, 2.75) is 44.6 Å². The van der Waals surface area contributed by atoms with Crippen molar-refractivity contribution in [1.29, 1.82) is 0 Å². The van der Waals surface area contributed by atoms with Gasteiger partial charge in [0.1, 0.15) is 5.82 Å². The van der Waals surface area contributed by atoms with Gasteiger partial charge in [-0.05, 0) is 37.5 Å². The van der Waals surface area contributed by atoms with E-state index in [-0.39, 0.29) is 23.2 Å². The quantitative estimate of drug-likeness (QED) is 0.795. The summed E-state index contributed by atoms with van der Waals surface area (Å²) in [4.78, 5) is 19.1. The van der Waals surface area contributed by atoms with Crippen molar-refractivity contribution in [2.24, 2.45) is 17.3 Å². The number of amides is 1. The summed E-state index contributed by atoms with van der Waals surface area (Å²) in [6.07, 6.45) is 7.51. The molecule has 0 aromatic carbocycles. The molecular weight excluding hydrogens is 267 g/mol. The van der Waals surface area contributed by atoms with Gasteiger partial charge in [-0.25, -0.2) is 4.39 Å². The maximum atomic E-state index is 14.0. The third-order valence-corrected chi connectivity index (χ3v) is 6.50. The number of hydrogen-bond donors (Lipinski definition) is 0. The van der Waals surface area contributed by atoms with Crippen LogP contribution in [0.1, 0.15) is 55.7 Å². The Balaban J connectivity index is 1.51. The fraction of sp³-hybridized carbons (Fsp3) is 0.647. The monoisotopic (exact) mass is 286 g/mol. The lowest BCUT2D eigenvalue weighted by Gasteiger charge is -2.45. The Bertz CT molecular complexity index is 647. The lowest BCUT2D eigenvalue weighted by atomic mass is 9.67. The first-order chi connectivity index (χ1) is 10.1. The van der Waals surface area contributed by atoms with Gasteiger partial charge in [0.2, 0.25) is 5.91 Å². The van der Waals surface area contributed by atoms with Gasteiger partial charge in [0.25, 0.3) is 0 Å². The van der Waals surface area contributed by atoms with Crippen LogP contribution in [0, 0.1) is 23.1 Å². The van der Waals surface area contributed by atoms with Crippen LogP contribution in [-0.2, 0) is 4.79 Å². The number of nitrogens with zero attached hydrogens (tertiary/aromatic N) is 2. The zero-order chi connectivity index (χ0) is 14.4. The van der Waals surface area contributed by atoms with Crippen molar-refractivity contribution in [3.63, 3.8) is 0 Å². The molecule has 3 saturated carbocycles. The van der Waals surface area contributed by atoms with Crippen LogP contribution in [0.25, 0.3) is 0 Å². The average molecular weight is 286 g/mol. The molecule has 0 radical (unpaired) electrons. The minimum absolute atomic E-state index is 0.0597. The molecule has 4 heteroatoms. The molecule has 1 unspecified atom stereocenters. The third-order valence-electron chi connectivity index (χ3n) is 6.50. The molecule has 3 atom stereocenters. The molecule has 1 amide bonds. The van der Waals surface area contributed by atoms with Crippen molar-refractivity contribution in [3.8, 4) is 0 Å². The van der Waals surface area contributed by atoms with Crippen LogP contribution in [0.2, 0.25) is 0 Å². The van der Waals surface area contributed by atoms with Crippen molar-refractivity contribution >= 4 is 5.91 Å². The van der Waals surface area contributed by atoms with Gasteiger partial charge in [-0.2, -0.15) is 0 Å². The fourth-order valence-corrected chi connectivity index (χ4v) is 5.53. The Morgan fingerprint density at radius 1 is 1.43 bits per heavy atom. The van der Waals surface area contributed by atoms with E-state index in [2.05, 4.69) is 16.8 Å². The summed E-state index contributed by atoms with van der Waals surface area (Å²) in [6, 6.07) is 0.0831. The highest BCUT2D eigenvalue weighted by atomic mass is 19.1. The molecule has 21 heavy (non-hydrogen) atoms. The molecule has 0 spiro atoms. The molecule has 110 valence electrons. The van der Waals surface area contributed by atoms with Crippen molar-refractivity contribution in [3.05, 3.63) is 29.3 Å². The second-order valence-electron chi connectivity index (χ2n) is 7.62. The lowest BCUT2D eigenvalue weighted by molar-refractivity contribution is -0.148. The predicted octanol–water partition coefficient (Wildman–Crippen LogP) is 3.03. The fourth-order valence-electron chi connectivity index (χ4n) is 5.53. The van der Waals surface area contributed by atoms with Crippen molar-refractivity contribution in [2.75, 3.05) is 6.54 Å². The number of halogens is 1. The van der Waals surface area contributed by atoms with Crippen LogP contribution < -0.4 is 0 Å². The highest BCUT2D eigenvalue weighted by Gasteiger charge is 2.61. The Morgan fingerprint density at radius 2 is 2.24 bits per heavy atom. The van der Waals surface area contributed by atoms with Crippen LogP contribution in [-0.4, -0.2) is 22.3 Å². The van der Waals surface area contributed by atoms with Gasteiger partial charge in [-0.15, -0.1) is 0 Å². The highest BCUT2D eigenvalue weighted by molar-refractivity contribution is 5.86. The minimum Gasteiger partial charge on any atom is -0.334 e. The number of fused-ring (bicyclic) bond motifs is 5. The van der Waals surface area contributed by atoms with E-state index in [1.54, 1.807) is 6.20 Å². The summed E-state index contributed by atoms with van der Waals surface area (Å²) in [5, 5.41) is 0. The van der Waals surface area contributed by atoms with Crippen LogP contribution >= 0.6 is 0 Å². The normalized spacial score (nSPS) is 42.1. The summed E-state index contributed by atoms with van der Waals surface area (Å²) in [5.74, 6) is 1.46. The molecule has 2 bridgehead atoms. The molecule has 1 aliphatic heterocycles. The van der Waals surface area contributed by atoms with E-state index in [1.807, 2.05) is 0 Å². The van der Waals surface area contributed by atoms with E-state index < -0.39 is 0 Å². The molecule has 4 aliphatic carbocycles. The Morgan fingerprint density at radius 3 is 2.95 bits per heavy atom. The van der Waals surface area contributed by atoms with Gasteiger partial charge in [-0.1, -0.05) is 6.92 Å². The maximum Gasteiger partial charge on any atom is 0.229 e. The molecule has 2 heterocycles. The zero-order valence-electron chi connectivity index (χ0n) is 12.2. The number of rotatable bonds is 1. The van der Waals surface area contributed by atoms with Gasteiger partial charge < -0.3 is 4.90 Å². The van der Waals surface area contributed by atoms with E-state index in [0.717, 1.165) is 42.9 Å². The SMILES string of the molecule is C[C@H]1CN(C(=O)C23CCC(C2)C3)[C@@H]2c3cncc(F)c3C21. The first-order valence-corrected chi connectivity index (χ1v) is 8.05. The highest BCUT2D eigenvalue weighted by Crippen LogP contribution is 2.63. The number of likely N-dealkylation sites (tertiary alicyclic amines) is 1. The largest absolute Gasteiger partial charge is 0.334 e. The number of hydrogen-bond acceptors (Lipinski definition) is 2. The van der Waals surface area contributed by atoms with E-state index >= 15 is 0 Å². The van der Waals surface area contributed by atoms with Gasteiger partial charge in [0.15, 0.2) is 0 Å². The number of carbonyl (C=O) groups is 1. The summed E-state index contributed by atoms with van der Waals surface area (Å²) in [7, 11) is 0. The average Bonchev–Trinajstić information content (AvgIpc) is 3.05. The molecule has 5 aliphatic rings. The molecule has 1 aromatic heterocycles. The summed E-state index contributed by atoms with van der Waals surface area (Å²) in [5.41, 5.74) is 1.70. The van der Waals surface area contributed by atoms with Crippen LogP contribution in [0.3, 0.4) is 0 Å². The first kappa shape index (κ1) is 12.1. The standard InChI is InChI=1S/C17H19FN2O/c1-9-8-20(16(21)17-3-2-10(4-17)5-17)15-11-6-19-7-12(18)14(11)13(9)15/h6-7,9-10,13,15H,2-5,8H2,1H3/t9-,10?,13?,15+,17?/m0/s1. The molecular formula is C17H19FN2O. The molecule has 6 rings (SSSR count). The van der Waals surface area contributed by atoms with Gasteiger partial charge in [0.05, 0.1) is 12.2 Å². The lowest BCUT2D eigenvalue weighted by Crippen LogP contribution is -2.48. The van der Waals surface area contributed by atoms with E-state index in [0.29, 0.717) is 11.8 Å². The molecule has 1 aromatic rings. The predicted molar refractivity (Wildman–Crippen MR) is 74.9 cm³/mol. The Hall–Kier alpha value is -1.45. The topological polar surface area (TPSA) is 33.2 Å². The van der Waals surface area contributed by atoms with Gasteiger partial charge in [0, 0.05) is 35.2 Å². The number of aromatic nitrogens is 1. The summed E-state index contributed by atoms with van der Waals surface area (Å²) in [6.45, 7) is 2.92. The molecule has 3 nitrogen and oxygen atoms in total. The van der Waals surface area contributed by atoms with Crippen LogP contribution in [0.5, 0.6) is 0 Å². The molecule has 4 fully saturated rings. The third kappa shape index (κ3) is 1.30. The zero-order valence-corrected chi connectivity index (χ0v) is 12.2. The van der Waals surface area contributed by atoms with E-state index in [4.69, 9.17) is 0 Å². The van der Waals surface area contributed by atoms with Gasteiger partial charge >= 0.3 is 0 Å². The smallest absolute Gasteiger partial charge is 0.229 e. The summed E-state index contributed by atoms with van der Waals surface area (Å²) >= 11 is 0. The summed E-state index contributed by atoms with van der Waals surface area (Å²) < 4.78 is 14.0. The number of pyridine rings is 1.